The number of hydrogen-bond donors (Lipinski definition) is 3. The van der Waals surface area contributed by atoms with Crippen molar-refractivity contribution >= 4 is 27.5 Å². The van der Waals surface area contributed by atoms with Gasteiger partial charge < -0.3 is 10.6 Å². The van der Waals surface area contributed by atoms with E-state index in [1.54, 1.807) is 0 Å². The molecule has 1 aromatic rings. The summed E-state index contributed by atoms with van der Waals surface area (Å²) >= 11 is 0. The van der Waals surface area contributed by atoms with Gasteiger partial charge in [-0.2, -0.15) is 0 Å². The van der Waals surface area contributed by atoms with Crippen LogP contribution in [0.4, 0.5) is 5.69 Å². The summed E-state index contributed by atoms with van der Waals surface area (Å²) in [6.07, 6.45) is 6.13. The number of nitrogens with one attached hydrogen (secondary N) is 3. The average molecular weight is 379 g/mol. The summed E-state index contributed by atoms with van der Waals surface area (Å²) < 4.78 is 26.4. The molecule has 2 aliphatic rings. The van der Waals surface area contributed by atoms with Crippen molar-refractivity contribution in [3.63, 3.8) is 0 Å². The molecule has 0 aromatic heterocycles. The number of fused-ring (bicyclic) bond motifs is 2. The van der Waals surface area contributed by atoms with Gasteiger partial charge in [-0.3, -0.25) is 9.59 Å². The Kier molecular flexibility index (Phi) is 5.34. The first-order valence-corrected chi connectivity index (χ1v) is 10.5. The quantitative estimate of drug-likeness (QED) is 0.686. The largest absolute Gasteiger partial charge is 0.339 e. The standard InChI is InChI=1S/C18H25N3O4S/c1-11(22)20-12(2)26(24,25)19-10-17(23)21-18-15-7-3-5-13(15)9-14-6-4-8-16(14)18/h9,12,19H,3-8,10H2,1-2H3,(H,20,22)(H,21,23). The molecule has 3 rings (SSSR count). The van der Waals surface area contributed by atoms with Crippen LogP contribution in [0.2, 0.25) is 0 Å². The number of aryl methyl sites for hydroxylation is 2. The molecule has 2 amide bonds. The van der Waals surface area contributed by atoms with Gasteiger partial charge in [0.15, 0.2) is 0 Å². The molecule has 26 heavy (non-hydrogen) atoms. The fourth-order valence-electron chi connectivity index (χ4n) is 3.81. The van der Waals surface area contributed by atoms with Crippen LogP contribution in [-0.2, 0) is 45.3 Å². The van der Waals surface area contributed by atoms with E-state index in [9.17, 15) is 18.0 Å². The first-order chi connectivity index (χ1) is 12.3. The zero-order chi connectivity index (χ0) is 18.9. The first-order valence-electron chi connectivity index (χ1n) is 9.00. The lowest BCUT2D eigenvalue weighted by atomic mass is 9.98. The summed E-state index contributed by atoms with van der Waals surface area (Å²) in [6, 6.07) is 2.28. The first kappa shape index (κ1) is 18.8. The van der Waals surface area contributed by atoms with Gasteiger partial charge in [0.1, 0.15) is 5.37 Å². The number of benzene rings is 1. The Labute approximate surface area is 154 Å². The maximum Gasteiger partial charge on any atom is 0.239 e. The van der Waals surface area contributed by atoms with Crippen LogP contribution in [0.5, 0.6) is 0 Å². The number of anilines is 1. The second-order valence-corrected chi connectivity index (χ2v) is 9.08. The molecule has 0 aliphatic heterocycles. The lowest BCUT2D eigenvalue weighted by Gasteiger charge is -2.17. The predicted molar refractivity (Wildman–Crippen MR) is 99.3 cm³/mol. The van der Waals surface area contributed by atoms with E-state index in [0.29, 0.717) is 0 Å². The Morgan fingerprint density at radius 2 is 1.65 bits per heavy atom. The average Bonchev–Trinajstić information content (AvgIpc) is 3.21. The molecule has 0 heterocycles. The molecule has 0 radical (unpaired) electrons. The van der Waals surface area contributed by atoms with E-state index < -0.39 is 27.2 Å². The van der Waals surface area contributed by atoms with Crippen molar-refractivity contribution in [2.75, 3.05) is 11.9 Å². The number of carbonyl (C=O) groups excluding carboxylic acids is 2. The van der Waals surface area contributed by atoms with Gasteiger partial charge in [0.2, 0.25) is 21.8 Å². The lowest BCUT2D eigenvalue weighted by Crippen LogP contribution is -2.45. The highest BCUT2D eigenvalue weighted by Crippen LogP contribution is 2.38. The third kappa shape index (κ3) is 3.91. The summed E-state index contributed by atoms with van der Waals surface area (Å²) in [5.74, 6) is -0.833. The number of carbonyl (C=O) groups is 2. The maximum absolute atomic E-state index is 12.4. The SMILES string of the molecule is CC(=O)NC(C)S(=O)(=O)NCC(=O)Nc1c2c(cc3c1CCC3)CCC2. The molecule has 0 saturated heterocycles. The highest BCUT2D eigenvalue weighted by atomic mass is 32.2. The monoisotopic (exact) mass is 379 g/mol. The minimum Gasteiger partial charge on any atom is -0.339 e. The van der Waals surface area contributed by atoms with Crippen molar-refractivity contribution in [3.8, 4) is 0 Å². The van der Waals surface area contributed by atoms with Crippen LogP contribution in [0.1, 0.15) is 48.9 Å². The van der Waals surface area contributed by atoms with Gasteiger partial charge in [0.05, 0.1) is 6.54 Å². The Morgan fingerprint density at radius 1 is 1.08 bits per heavy atom. The Hall–Kier alpha value is -1.93. The van der Waals surface area contributed by atoms with E-state index in [1.165, 1.54) is 36.1 Å². The van der Waals surface area contributed by atoms with Gasteiger partial charge in [-0.05, 0) is 67.7 Å². The van der Waals surface area contributed by atoms with E-state index in [0.717, 1.165) is 44.2 Å². The molecule has 0 bridgehead atoms. The Balaban J connectivity index is 1.69. The molecule has 1 unspecified atom stereocenters. The van der Waals surface area contributed by atoms with Crippen LogP contribution in [0.15, 0.2) is 6.07 Å². The summed E-state index contributed by atoms with van der Waals surface area (Å²) in [5, 5.41) is 4.15. The zero-order valence-electron chi connectivity index (χ0n) is 15.1. The maximum atomic E-state index is 12.4. The number of sulfonamides is 1. The molecule has 142 valence electrons. The van der Waals surface area contributed by atoms with E-state index in [4.69, 9.17) is 0 Å². The smallest absolute Gasteiger partial charge is 0.239 e. The zero-order valence-corrected chi connectivity index (χ0v) is 16.0. The molecule has 1 atom stereocenters. The van der Waals surface area contributed by atoms with Crippen molar-refractivity contribution in [1.29, 1.82) is 0 Å². The third-order valence-corrected chi connectivity index (χ3v) is 6.64. The van der Waals surface area contributed by atoms with Crippen molar-refractivity contribution in [1.82, 2.24) is 10.0 Å². The van der Waals surface area contributed by atoms with Crippen molar-refractivity contribution < 1.29 is 18.0 Å². The van der Waals surface area contributed by atoms with Gasteiger partial charge in [-0.25, -0.2) is 13.1 Å². The second-order valence-electron chi connectivity index (χ2n) is 6.99. The lowest BCUT2D eigenvalue weighted by molar-refractivity contribution is -0.119. The second kappa shape index (κ2) is 7.36. The van der Waals surface area contributed by atoms with Crippen LogP contribution in [0, 0.1) is 0 Å². The molecule has 1 aromatic carbocycles. The van der Waals surface area contributed by atoms with Gasteiger partial charge in [0.25, 0.3) is 0 Å². The van der Waals surface area contributed by atoms with E-state index >= 15 is 0 Å². The van der Waals surface area contributed by atoms with Crippen LogP contribution >= 0.6 is 0 Å². The summed E-state index contributed by atoms with van der Waals surface area (Å²) in [6.45, 7) is 2.25. The molecule has 0 saturated carbocycles. The molecular formula is C18H25N3O4S. The highest BCUT2D eigenvalue weighted by molar-refractivity contribution is 7.90. The molecular weight excluding hydrogens is 354 g/mol. The third-order valence-electron chi connectivity index (χ3n) is 5.04. The normalized spacial score (nSPS) is 16.7. The van der Waals surface area contributed by atoms with Gasteiger partial charge in [-0.1, -0.05) is 6.07 Å². The summed E-state index contributed by atoms with van der Waals surface area (Å²) in [5.41, 5.74) is 5.91. The minimum atomic E-state index is -3.81. The van der Waals surface area contributed by atoms with Gasteiger partial charge in [-0.15, -0.1) is 0 Å². The van der Waals surface area contributed by atoms with Crippen molar-refractivity contribution in [2.24, 2.45) is 0 Å². The molecule has 7 nitrogen and oxygen atoms in total. The molecule has 0 fully saturated rings. The minimum absolute atomic E-state index is 0.356. The highest BCUT2D eigenvalue weighted by Gasteiger charge is 2.26. The van der Waals surface area contributed by atoms with E-state index in [2.05, 4.69) is 21.4 Å². The molecule has 0 spiro atoms. The topological polar surface area (TPSA) is 104 Å². The Morgan fingerprint density at radius 3 is 2.19 bits per heavy atom. The number of hydrogen-bond acceptors (Lipinski definition) is 4. The van der Waals surface area contributed by atoms with E-state index in [1.807, 2.05) is 0 Å². The van der Waals surface area contributed by atoms with E-state index in [-0.39, 0.29) is 6.54 Å². The number of amides is 2. The summed E-state index contributed by atoms with van der Waals surface area (Å²) in [4.78, 5) is 23.4. The van der Waals surface area contributed by atoms with Gasteiger partial charge in [0, 0.05) is 12.6 Å². The molecule has 2 aliphatic carbocycles. The fraction of sp³-hybridized carbons (Fsp3) is 0.556. The van der Waals surface area contributed by atoms with Crippen LogP contribution in [-0.4, -0.2) is 32.2 Å². The fourth-order valence-corrected chi connectivity index (χ4v) is 4.71. The van der Waals surface area contributed by atoms with Crippen molar-refractivity contribution in [2.45, 2.75) is 57.7 Å². The van der Waals surface area contributed by atoms with Gasteiger partial charge >= 0.3 is 0 Å². The van der Waals surface area contributed by atoms with Crippen molar-refractivity contribution in [3.05, 3.63) is 28.3 Å². The summed E-state index contributed by atoms with van der Waals surface area (Å²) in [7, 11) is -3.81. The molecule has 3 N–H and O–H groups in total. The Bertz CT molecular complexity index is 816. The van der Waals surface area contributed by atoms with Crippen LogP contribution in [0.3, 0.4) is 0 Å². The number of rotatable bonds is 6. The predicted octanol–water partition coefficient (Wildman–Crippen LogP) is 1.00. The van der Waals surface area contributed by atoms with Crippen LogP contribution < -0.4 is 15.4 Å². The van der Waals surface area contributed by atoms with Crippen LogP contribution in [0.25, 0.3) is 0 Å². The molecule has 8 heteroatoms.